The van der Waals surface area contributed by atoms with E-state index in [9.17, 15) is 0 Å². The van der Waals surface area contributed by atoms with E-state index in [2.05, 4.69) is 72.7 Å². The summed E-state index contributed by atoms with van der Waals surface area (Å²) in [7, 11) is 0. The largest absolute Gasteiger partial charge is 0.357 e. The number of aryl methyl sites for hydroxylation is 1. The molecule has 1 heterocycles. The van der Waals surface area contributed by atoms with Crippen LogP contribution in [-0.2, 0) is 6.42 Å². The summed E-state index contributed by atoms with van der Waals surface area (Å²) in [5, 5.41) is 11.1. The van der Waals surface area contributed by atoms with Gasteiger partial charge in [-0.05, 0) is 25.5 Å². The van der Waals surface area contributed by atoms with Crippen LogP contribution < -0.4 is 10.6 Å². The Hall–Kier alpha value is -1.29. The first-order chi connectivity index (χ1) is 13.1. The van der Waals surface area contributed by atoms with Gasteiger partial charge in [0.2, 0.25) is 5.89 Å². The topological polar surface area (TPSA) is 75.3 Å². The van der Waals surface area contributed by atoms with Crippen LogP contribution in [0.1, 0.15) is 51.7 Å². The number of nitrogens with zero attached hydrogens (tertiary/aromatic N) is 3. The minimum Gasteiger partial charge on any atom is -0.357 e. The maximum absolute atomic E-state index is 5.28. The van der Waals surface area contributed by atoms with E-state index in [-0.39, 0.29) is 24.0 Å². The molecule has 156 valence electrons. The van der Waals surface area contributed by atoms with Gasteiger partial charge < -0.3 is 15.2 Å². The van der Waals surface area contributed by atoms with Gasteiger partial charge in [-0.1, -0.05) is 44.1 Å². The molecule has 1 aromatic carbocycles. The number of aliphatic imine (C=N–C) groups is 1. The number of benzene rings is 1. The molecule has 8 heteroatoms. The molecule has 2 rings (SSSR count). The number of thioether (sulfide) groups is 1. The summed E-state index contributed by atoms with van der Waals surface area (Å²) < 4.78 is 5.28. The molecular formula is C20H32IN5OS. The molecule has 0 aliphatic heterocycles. The van der Waals surface area contributed by atoms with Crippen molar-refractivity contribution < 1.29 is 4.52 Å². The number of nitrogens with one attached hydrogen (secondary N) is 2. The molecule has 1 unspecified atom stereocenters. The van der Waals surface area contributed by atoms with Gasteiger partial charge in [-0.25, -0.2) is 0 Å². The highest BCUT2D eigenvalue weighted by Crippen LogP contribution is 2.22. The minimum atomic E-state index is 0. The Morgan fingerprint density at radius 3 is 2.57 bits per heavy atom. The van der Waals surface area contributed by atoms with E-state index >= 15 is 0 Å². The van der Waals surface area contributed by atoms with Crippen LogP contribution in [0.2, 0.25) is 0 Å². The molecule has 6 nitrogen and oxygen atoms in total. The summed E-state index contributed by atoms with van der Waals surface area (Å²) in [6.07, 6.45) is 1.69. The van der Waals surface area contributed by atoms with Crippen LogP contribution in [0, 0.1) is 0 Å². The molecule has 1 atom stereocenters. The predicted molar refractivity (Wildman–Crippen MR) is 128 cm³/mol. The van der Waals surface area contributed by atoms with Crippen molar-refractivity contribution >= 4 is 41.7 Å². The monoisotopic (exact) mass is 517 g/mol. The Labute approximate surface area is 189 Å². The second-order valence-electron chi connectivity index (χ2n) is 6.69. The SMILES string of the molecule is CCNC(=NCC(C)Sc1ccccc1)NCCCc1nc(C(C)C)no1.I. The maximum Gasteiger partial charge on any atom is 0.226 e. The molecule has 2 aromatic rings. The van der Waals surface area contributed by atoms with Crippen LogP contribution >= 0.6 is 35.7 Å². The molecule has 0 aliphatic carbocycles. The zero-order valence-corrected chi connectivity index (χ0v) is 20.3. The fourth-order valence-electron chi connectivity index (χ4n) is 2.38. The van der Waals surface area contributed by atoms with Crippen LogP contribution in [0.25, 0.3) is 0 Å². The van der Waals surface area contributed by atoms with Gasteiger partial charge in [0.15, 0.2) is 11.8 Å². The van der Waals surface area contributed by atoms with Crippen molar-refractivity contribution in [1.82, 2.24) is 20.8 Å². The Morgan fingerprint density at radius 2 is 1.93 bits per heavy atom. The molecule has 0 spiro atoms. The first-order valence-electron chi connectivity index (χ1n) is 9.64. The predicted octanol–water partition coefficient (Wildman–Crippen LogP) is 4.48. The lowest BCUT2D eigenvalue weighted by Crippen LogP contribution is -2.38. The second-order valence-corrected chi connectivity index (χ2v) is 8.20. The summed E-state index contributed by atoms with van der Waals surface area (Å²) in [4.78, 5) is 10.4. The van der Waals surface area contributed by atoms with E-state index in [0.29, 0.717) is 17.1 Å². The van der Waals surface area contributed by atoms with E-state index in [1.165, 1.54) is 4.90 Å². The second kappa shape index (κ2) is 13.8. The van der Waals surface area contributed by atoms with Gasteiger partial charge in [-0.2, -0.15) is 4.98 Å². The van der Waals surface area contributed by atoms with Gasteiger partial charge in [0.05, 0.1) is 6.54 Å². The molecule has 0 aliphatic rings. The Balaban J connectivity index is 0.00000392. The maximum atomic E-state index is 5.28. The van der Waals surface area contributed by atoms with E-state index < -0.39 is 0 Å². The average molecular weight is 517 g/mol. The average Bonchev–Trinajstić information content (AvgIpc) is 3.13. The number of hydrogen-bond acceptors (Lipinski definition) is 5. The van der Waals surface area contributed by atoms with Crippen molar-refractivity contribution in [1.29, 1.82) is 0 Å². The van der Waals surface area contributed by atoms with Crippen LogP contribution in [-0.4, -0.2) is 41.0 Å². The Bertz CT molecular complexity index is 693. The highest BCUT2D eigenvalue weighted by molar-refractivity contribution is 14.0. The van der Waals surface area contributed by atoms with Crippen molar-refractivity contribution in [2.24, 2.45) is 4.99 Å². The van der Waals surface area contributed by atoms with Crippen molar-refractivity contribution in [3.05, 3.63) is 42.0 Å². The summed E-state index contributed by atoms with van der Waals surface area (Å²) in [6, 6.07) is 10.4. The lowest BCUT2D eigenvalue weighted by molar-refractivity contribution is 0.368. The van der Waals surface area contributed by atoms with E-state index in [0.717, 1.165) is 44.3 Å². The van der Waals surface area contributed by atoms with Crippen molar-refractivity contribution in [2.45, 2.75) is 56.6 Å². The first kappa shape index (κ1) is 24.7. The summed E-state index contributed by atoms with van der Waals surface area (Å²) in [5.41, 5.74) is 0. The standard InChI is InChI=1S/C20H31N5OS.HI/c1-5-21-20(23-14-16(4)27-17-10-7-6-8-11-17)22-13-9-12-18-24-19(15(2)3)25-26-18;/h6-8,10-11,15-16H,5,9,12-14H2,1-4H3,(H2,21,22,23);1H. The zero-order valence-electron chi connectivity index (χ0n) is 17.1. The number of rotatable bonds is 10. The quantitative estimate of drug-likeness (QED) is 0.159. The number of halogens is 1. The number of guanidine groups is 1. The highest BCUT2D eigenvalue weighted by atomic mass is 127. The molecule has 0 saturated heterocycles. The highest BCUT2D eigenvalue weighted by Gasteiger charge is 2.09. The molecule has 0 saturated carbocycles. The lowest BCUT2D eigenvalue weighted by Gasteiger charge is -2.13. The van der Waals surface area contributed by atoms with Crippen LogP contribution in [0.3, 0.4) is 0 Å². The number of hydrogen-bond donors (Lipinski definition) is 2. The molecule has 2 N–H and O–H groups in total. The minimum absolute atomic E-state index is 0. The van der Waals surface area contributed by atoms with Gasteiger partial charge in [-0.3, -0.25) is 4.99 Å². The Morgan fingerprint density at radius 1 is 1.18 bits per heavy atom. The summed E-state index contributed by atoms with van der Waals surface area (Å²) in [6.45, 7) is 10.8. The fourth-order valence-corrected chi connectivity index (χ4v) is 3.31. The van der Waals surface area contributed by atoms with Crippen LogP contribution in [0.5, 0.6) is 0 Å². The molecule has 0 amide bonds. The third-order valence-corrected chi connectivity index (χ3v) is 4.89. The van der Waals surface area contributed by atoms with Crippen molar-refractivity contribution in [2.75, 3.05) is 19.6 Å². The van der Waals surface area contributed by atoms with Gasteiger partial charge in [-0.15, -0.1) is 35.7 Å². The lowest BCUT2D eigenvalue weighted by atomic mass is 10.2. The zero-order chi connectivity index (χ0) is 19.5. The summed E-state index contributed by atoms with van der Waals surface area (Å²) >= 11 is 1.84. The third kappa shape index (κ3) is 9.27. The smallest absolute Gasteiger partial charge is 0.226 e. The fraction of sp³-hybridized carbons (Fsp3) is 0.550. The van der Waals surface area contributed by atoms with E-state index in [1.54, 1.807) is 0 Å². The van der Waals surface area contributed by atoms with Gasteiger partial charge in [0.1, 0.15) is 0 Å². The van der Waals surface area contributed by atoms with Crippen molar-refractivity contribution in [3.63, 3.8) is 0 Å². The van der Waals surface area contributed by atoms with Gasteiger partial charge in [0.25, 0.3) is 0 Å². The van der Waals surface area contributed by atoms with Crippen LogP contribution in [0.15, 0.2) is 44.7 Å². The molecule has 0 fully saturated rings. The first-order valence-corrected chi connectivity index (χ1v) is 10.5. The van der Waals surface area contributed by atoms with Gasteiger partial charge in [0, 0.05) is 35.6 Å². The van der Waals surface area contributed by atoms with E-state index in [4.69, 9.17) is 9.52 Å². The normalized spacial score (nSPS) is 12.5. The summed E-state index contributed by atoms with van der Waals surface area (Å²) in [5.74, 6) is 2.63. The molecule has 0 bridgehead atoms. The molecule has 1 aromatic heterocycles. The third-order valence-electron chi connectivity index (χ3n) is 3.79. The molecule has 28 heavy (non-hydrogen) atoms. The van der Waals surface area contributed by atoms with E-state index in [1.807, 2.05) is 17.8 Å². The Kier molecular flexibility index (Phi) is 12.2. The number of aromatic nitrogens is 2. The van der Waals surface area contributed by atoms with Crippen molar-refractivity contribution in [3.8, 4) is 0 Å². The molecular weight excluding hydrogens is 485 g/mol. The van der Waals surface area contributed by atoms with Gasteiger partial charge >= 0.3 is 0 Å². The molecule has 0 radical (unpaired) electrons. The van der Waals surface area contributed by atoms with Crippen LogP contribution in [0.4, 0.5) is 0 Å².